The van der Waals surface area contributed by atoms with Crippen LogP contribution in [0, 0.1) is 13.8 Å². The SMILES string of the molecule is Cc1cc(C)c(O)c(NC(=S)NC(=O)/C=C/c2ccc(-c3ccccc3)o2)c1. The van der Waals surface area contributed by atoms with E-state index in [-0.39, 0.29) is 10.9 Å². The van der Waals surface area contributed by atoms with Crippen molar-refractivity contribution in [3.05, 3.63) is 77.6 Å². The van der Waals surface area contributed by atoms with Gasteiger partial charge in [0.2, 0.25) is 5.91 Å². The molecule has 5 nitrogen and oxygen atoms in total. The van der Waals surface area contributed by atoms with E-state index >= 15 is 0 Å². The molecule has 1 aromatic heterocycles. The number of rotatable bonds is 4. The molecular weight excluding hydrogens is 372 g/mol. The van der Waals surface area contributed by atoms with Gasteiger partial charge in [-0.15, -0.1) is 0 Å². The summed E-state index contributed by atoms with van der Waals surface area (Å²) in [5, 5.41) is 15.6. The summed E-state index contributed by atoms with van der Waals surface area (Å²) in [7, 11) is 0. The Morgan fingerprint density at radius 3 is 2.61 bits per heavy atom. The molecule has 0 fully saturated rings. The smallest absolute Gasteiger partial charge is 0.250 e. The Labute approximate surface area is 168 Å². The van der Waals surface area contributed by atoms with Gasteiger partial charge >= 0.3 is 0 Å². The summed E-state index contributed by atoms with van der Waals surface area (Å²) in [5.74, 6) is 0.976. The van der Waals surface area contributed by atoms with Crippen LogP contribution < -0.4 is 10.6 Å². The van der Waals surface area contributed by atoms with Crippen molar-refractivity contribution in [1.82, 2.24) is 5.32 Å². The van der Waals surface area contributed by atoms with E-state index in [1.165, 1.54) is 6.08 Å². The first-order valence-corrected chi connectivity index (χ1v) is 9.09. The number of carbonyl (C=O) groups excluding carboxylic acids is 1. The molecule has 0 bridgehead atoms. The molecule has 6 heteroatoms. The minimum absolute atomic E-state index is 0.0966. The van der Waals surface area contributed by atoms with E-state index in [1.807, 2.05) is 49.4 Å². The van der Waals surface area contributed by atoms with Crippen molar-refractivity contribution in [2.75, 3.05) is 5.32 Å². The number of benzene rings is 2. The van der Waals surface area contributed by atoms with Crippen molar-refractivity contribution >= 4 is 35.0 Å². The van der Waals surface area contributed by atoms with Crippen LogP contribution in [0.2, 0.25) is 0 Å². The number of phenolic OH excluding ortho intramolecular Hbond substituents is 1. The van der Waals surface area contributed by atoms with Crippen LogP contribution in [-0.4, -0.2) is 16.1 Å². The molecule has 0 aliphatic carbocycles. The van der Waals surface area contributed by atoms with Crippen molar-refractivity contribution in [2.24, 2.45) is 0 Å². The van der Waals surface area contributed by atoms with Gasteiger partial charge in [-0.05, 0) is 61.5 Å². The Bertz CT molecular complexity index is 1040. The van der Waals surface area contributed by atoms with Gasteiger partial charge in [-0.1, -0.05) is 36.4 Å². The molecule has 0 aliphatic rings. The average molecular weight is 392 g/mol. The lowest BCUT2D eigenvalue weighted by molar-refractivity contribution is -0.115. The van der Waals surface area contributed by atoms with Crippen LogP contribution in [0.25, 0.3) is 17.4 Å². The Balaban J connectivity index is 1.60. The molecule has 0 atom stereocenters. The third kappa shape index (κ3) is 4.86. The second-order valence-corrected chi connectivity index (χ2v) is 6.73. The Hall–Kier alpha value is -3.38. The third-order valence-electron chi connectivity index (χ3n) is 4.01. The van der Waals surface area contributed by atoms with Crippen LogP contribution in [0.15, 0.2) is 65.1 Å². The number of hydrogen-bond acceptors (Lipinski definition) is 4. The summed E-state index contributed by atoms with van der Waals surface area (Å²) in [5.41, 5.74) is 3.11. The van der Waals surface area contributed by atoms with Gasteiger partial charge in [0.1, 0.15) is 17.3 Å². The number of anilines is 1. The third-order valence-corrected chi connectivity index (χ3v) is 4.22. The summed E-state index contributed by atoms with van der Waals surface area (Å²) in [6.07, 6.45) is 2.90. The molecule has 3 N–H and O–H groups in total. The first-order valence-electron chi connectivity index (χ1n) is 8.68. The first-order chi connectivity index (χ1) is 13.4. The highest BCUT2D eigenvalue weighted by molar-refractivity contribution is 7.80. The van der Waals surface area contributed by atoms with Crippen LogP contribution in [-0.2, 0) is 4.79 Å². The summed E-state index contributed by atoms with van der Waals surface area (Å²) in [4.78, 5) is 12.1. The van der Waals surface area contributed by atoms with Crippen LogP contribution >= 0.6 is 12.2 Å². The van der Waals surface area contributed by atoms with E-state index in [0.29, 0.717) is 11.4 Å². The molecule has 0 radical (unpaired) electrons. The van der Waals surface area contributed by atoms with Crippen LogP contribution in [0.1, 0.15) is 16.9 Å². The predicted octanol–water partition coefficient (Wildman–Crippen LogP) is 4.80. The zero-order valence-electron chi connectivity index (χ0n) is 15.5. The van der Waals surface area contributed by atoms with E-state index in [2.05, 4.69) is 10.6 Å². The van der Waals surface area contributed by atoms with Gasteiger partial charge in [-0.2, -0.15) is 0 Å². The van der Waals surface area contributed by atoms with Gasteiger partial charge in [0.25, 0.3) is 0 Å². The van der Waals surface area contributed by atoms with E-state index in [4.69, 9.17) is 16.6 Å². The standard InChI is InChI=1S/C22H20N2O3S/c1-14-12-15(2)21(26)18(13-14)23-22(28)24-20(25)11-9-17-8-10-19(27-17)16-6-4-3-5-7-16/h3-13,26H,1-2H3,(H2,23,24,25,28)/b11-9+. The highest BCUT2D eigenvalue weighted by atomic mass is 32.1. The molecule has 1 amide bonds. The number of furan rings is 1. The van der Waals surface area contributed by atoms with Crippen molar-refractivity contribution in [3.63, 3.8) is 0 Å². The van der Waals surface area contributed by atoms with Gasteiger partial charge in [-0.25, -0.2) is 0 Å². The number of aryl methyl sites for hydroxylation is 2. The van der Waals surface area contributed by atoms with Crippen molar-refractivity contribution < 1.29 is 14.3 Å². The van der Waals surface area contributed by atoms with Crippen molar-refractivity contribution in [1.29, 1.82) is 0 Å². The normalized spacial score (nSPS) is 10.8. The summed E-state index contributed by atoms with van der Waals surface area (Å²) < 4.78 is 5.71. The molecule has 1 heterocycles. The molecule has 3 aromatic rings. The van der Waals surface area contributed by atoms with Crippen LogP contribution in [0.3, 0.4) is 0 Å². The molecule has 0 saturated carbocycles. The molecule has 0 saturated heterocycles. The molecule has 0 aliphatic heterocycles. The second-order valence-electron chi connectivity index (χ2n) is 6.32. The van der Waals surface area contributed by atoms with E-state index in [0.717, 1.165) is 22.5 Å². The van der Waals surface area contributed by atoms with Gasteiger partial charge in [0, 0.05) is 11.6 Å². The zero-order valence-corrected chi connectivity index (χ0v) is 16.3. The lowest BCUT2D eigenvalue weighted by Crippen LogP contribution is -2.32. The van der Waals surface area contributed by atoms with Crippen molar-refractivity contribution in [2.45, 2.75) is 13.8 Å². The molecule has 28 heavy (non-hydrogen) atoms. The maximum Gasteiger partial charge on any atom is 0.250 e. The average Bonchev–Trinajstić information content (AvgIpc) is 3.14. The van der Waals surface area contributed by atoms with Gasteiger partial charge < -0.3 is 14.8 Å². The summed E-state index contributed by atoms with van der Waals surface area (Å²) in [6, 6.07) is 17.0. The number of carbonyl (C=O) groups is 1. The number of hydrogen-bond donors (Lipinski definition) is 3. The van der Waals surface area contributed by atoms with Gasteiger partial charge in [0.05, 0.1) is 5.69 Å². The minimum Gasteiger partial charge on any atom is -0.505 e. The minimum atomic E-state index is -0.404. The number of aromatic hydroxyl groups is 1. The van der Waals surface area contributed by atoms with Crippen LogP contribution in [0.5, 0.6) is 5.75 Å². The fraction of sp³-hybridized carbons (Fsp3) is 0.0909. The summed E-state index contributed by atoms with van der Waals surface area (Å²) in [6.45, 7) is 3.71. The maximum absolute atomic E-state index is 12.1. The highest BCUT2D eigenvalue weighted by Crippen LogP contribution is 2.28. The van der Waals surface area contributed by atoms with Crippen molar-refractivity contribution in [3.8, 4) is 17.1 Å². The van der Waals surface area contributed by atoms with E-state index in [9.17, 15) is 9.90 Å². The largest absolute Gasteiger partial charge is 0.505 e. The number of phenols is 1. The first kappa shape index (κ1) is 19.4. The Morgan fingerprint density at radius 2 is 1.86 bits per heavy atom. The molecule has 2 aromatic carbocycles. The maximum atomic E-state index is 12.1. The Kier molecular flexibility index (Phi) is 5.91. The molecule has 0 unspecified atom stereocenters. The molecule has 0 spiro atoms. The number of thiocarbonyl (C=S) groups is 1. The topological polar surface area (TPSA) is 74.5 Å². The fourth-order valence-corrected chi connectivity index (χ4v) is 2.93. The lowest BCUT2D eigenvalue weighted by Gasteiger charge is -2.12. The molecule has 142 valence electrons. The summed E-state index contributed by atoms with van der Waals surface area (Å²) >= 11 is 5.15. The van der Waals surface area contributed by atoms with Crippen LogP contribution in [0.4, 0.5) is 5.69 Å². The van der Waals surface area contributed by atoms with Gasteiger partial charge in [0.15, 0.2) is 5.11 Å². The lowest BCUT2D eigenvalue weighted by atomic mass is 10.1. The quantitative estimate of drug-likeness (QED) is 0.338. The number of amides is 1. The fourth-order valence-electron chi connectivity index (χ4n) is 2.72. The van der Waals surface area contributed by atoms with Gasteiger partial charge in [-0.3, -0.25) is 10.1 Å². The second kappa shape index (κ2) is 8.54. The molecular formula is C22H20N2O3S. The zero-order chi connectivity index (χ0) is 20.1. The number of nitrogens with one attached hydrogen (secondary N) is 2. The predicted molar refractivity (Wildman–Crippen MR) is 115 cm³/mol. The van der Waals surface area contributed by atoms with E-state index < -0.39 is 5.91 Å². The van der Waals surface area contributed by atoms with E-state index in [1.54, 1.807) is 25.1 Å². The Morgan fingerprint density at radius 1 is 1.11 bits per heavy atom. The highest BCUT2D eigenvalue weighted by Gasteiger charge is 2.09. The monoisotopic (exact) mass is 392 g/mol. The molecule has 3 rings (SSSR count).